The summed E-state index contributed by atoms with van der Waals surface area (Å²) >= 11 is 0. The van der Waals surface area contributed by atoms with Crippen molar-refractivity contribution in [1.29, 1.82) is 0 Å². The molecule has 2 heterocycles. The lowest BCUT2D eigenvalue weighted by Gasteiger charge is -2.32. The molecule has 0 aromatic carbocycles. The molecule has 2 rings (SSSR count). The Bertz CT molecular complexity index is 337. The van der Waals surface area contributed by atoms with Gasteiger partial charge in [-0.05, 0) is 18.9 Å². The average Bonchev–Trinajstić information content (AvgIpc) is 2.39. The van der Waals surface area contributed by atoms with Crippen LogP contribution in [0, 0.1) is 0 Å². The second kappa shape index (κ2) is 5.23. The molecule has 1 fully saturated rings. The zero-order valence-electron chi connectivity index (χ0n) is 9.59. The lowest BCUT2D eigenvalue weighted by molar-refractivity contribution is 0.0817. The molecular weight excluding hydrogens is 204 g/mol. The van der Waals surface area contributed by atoms with Gasteiger partial charge in [0.05, 0.1) is 12.3 Å². The molecule has 1 aromatic rings. The van der Waals surface area contributed by atoms with Gasteiger partial charge in [0.25, 0.3) is 0 Å². The summed E-state index contributed by atoms with van der Waals surface area (Å²) in [4.78, 5) is 2.24. The van der Waals surface area contributed by atoms with E-state index in [4.69, 9.17) is 10.5 Å². The standard InChI is InChI=1S/C11H18N4O/c1-16-10-3-6-15(7-4-10)11-9(8-12)2-5-13-14-11/h2,5,10H,3-4,6-8,12H2,1H3. The molecule has 16 heavy (non-hydrogen) atoms. The normalized spacial score (nSPS) is 17.8. The lowest BCUT2D eigenvalue weighted by atomic mass is 10.1. The van der Waals surface area contributed by atoms with Gasteiger partial charge < -0.3 is 15.4 Å². The van der Waals surface area contributed by atoms with Crippen molar-refractivity contribution in [2.24, 2.45) is 5.73 Å². The van der Waals surface area contributed by atoms with Gasteiger partial charge in [0.15, 0.2) is 5.82 Å². The predicted molar refractivity (Wildman–Crippen MR) is 62.2 cm³/mol. The average molecular weight is 222 g/mol. The highest BCUT2D eigenvalue weighted by atomic mass is 16.5. The molecule has 0 spiro atoms. The van der Waals surface area contributed by atoms with Crippen LogP contribution in [-0.2, 0) is 11.3 Å². The van der Waals surface area contributed by atoms with Crippen LogP contribution in [0.1, 0.15) is 18.4 Å². The van der Waals surface area contributed by atoms with Crippen LogP contribution >= 0.6 is 0 Å². The van der Waals surface area contributed by atoms with Crippen LogP contribution in [0.3, 0.4) is 0 Å². The number of aromatic nitrogens is 2. The van der Waals surface area contributed by atoms with E-state index in [1.54, 1.807) is 13.3 Å². The second-order valence-corrected chi connectivity index (χ2v) is 4.01. The molecule has 0 atom stereocenters. The third-order valence-corrected chi connectivity index (χ3v) is 3.08. The van der Waals surface area contributed by atoms with Crippen molar-refractivity contribution < 1.29 is 4.74 Å². The molecule has 1 aliphatic heterocycles. The molecule has 88 valence electrons. The molecule has 0 unspecified atom stereocenters. The fourth-order valence-corrected chi connectivity index (χ4v) is 2.08. The Morgan fingerprint density at radius 2 is 2.25 bits per heavy atom. The van der Waals surface area contributed by atoms with E-state index in [1.165, 1.54) is 0 Å². The summed E-state index contributed by atoms with van der Waals surface area (Å²) in [6.07, 6.45) is 4.15. The van der Waals surface area contributed by atoms with Gasteiger partial charge in [-0.25, -0.2) is 0 Å². The van der Waals surface area contributed by atoms with Crippen molar-refractivity contribution in [3.8, 4) is 0 Å². The highest BCUT2D eigenvalue weighted by molar-refractivity contribution is 5.45. The first kappa shape index (κ1) is 11.3. The van der Waals surface area contributed by atoms with Gasteiger partial charge in [0.2, 0.25) is 0 Å². The van der Waals surface area contributed by atoms with E-state index in [0.717, 1.165) is 37.3 Å². The zero-order chi connectivity index (χ0) is 11.4. The quantitative estimate of drug-likeness (QED) is 0.809. The van der Waals surface area contributed by atoms with Gasteiger partial charge in [0.1, 0.15) is 0 Å². The Hall–Kier alpha value is -1.20. The van der Waals surface area contributed by atoms with Crippen LogP contribution in [0.15, 0.2) is 12.3 Å². The Morgan fingerprint density at radius 1 is 1.50 bits per heavy atom. The van der Waals surface area contributed by atoms with E-state index < -0.39 is 0 Å². The molecule has 0 bridgehead atoms. The fraction of sp³-hybridized carbons (Fsp3) is 0.636. The maximum atomic E-state index is 5.69. The van der Waals surface area contributed by atoms with Crippen LogP contribution < -0.4 is 10.6 Å². The maximum Gasteiger partial charge on any atom is 0.155 e. The SMILES string of the molecule is COC1CCN(c2nnccc2CN)CC1. The van der Waals surface area contributed by atoms with Crippen LogP contribution in [-0.4, -0.2) is 36.5 Å². The summed E-state index contributed by atoms with van der Waals surface area (Å²) in [5, 5.41) is 8.11. The molecule has 1 aromatic heterocycles. The van der Waals surface area contributed by atoms with E-state index in [0.29, 0.717) is 12.6 Å². The molecule has 0 amide bonds. The van der Waals surface area contributed by atoms with Crippen molar-refractivity contribution in [1.82, 2.24) is 10.2 Å². The Kier molecular flexibility index (Phi) is 3.69. The van der Waals surface area contributed by atoms with Crippen molar-refractivity contribution in [3.05, 3.63) is 17.8 Å². The third-order valence-electron chi connectivity index (χ3n) is 3.08. The third kappa shape index (κ3) is 2.31. The Labute approximate surface area is 95.6 Å². The van der Waals surface area contributed by atoms with E-state index in [-0.39, 0.29) is 0 Å². The van der Waals surface area contributed by atoms with E-state index >= 15 is 0 Å². The van der Waals surface area contributed by atoms with Crippen LogP contribution in [0.25, 0.3) is 0 Å². The number of piperidine rings is 1. The van der Waals surface area contributed by atoms with Crippen LogP contribution in [0.2, 0.25) is 0 Å². The van der Waals surface area contributed by atoms with Crippen LogP contribution in [0.4, 0.5) is 5.82 Å². The number of hydrogen-bond donors (Lipinski definition) is 1. The Morgan fingerprint density at radius 3 is 2.88 bits per heavy atom. The van der Waals surface area contributed by atoms with E-state index in [2.05, 4.69) is 15.1 Å². The van der Waals surface area contributed by atoms with Gasteiger partial charge in [-0.2, -0.15) is 5.10 Å². The maximum absolute atomic E-state index is 5.69. The first-order valence-electron chi connectivity index (χ1n) is 5.63. The van der Waals surface area contributed by atoms with Gasteiger partial charge in [-0.3, -0.25) is 0 Å². The lowest BCUT2D eigenvalue weighted by Crippen LogP contribution is -2.37. The topological polar surface area (TPSA) is 64.3 Å². The summed E-state index contributed by atoms with van der Waals surface area (Å²) < 4.78 is 5.34. The number of nitrogens with two attached hydrogens (primary N) is 1. The number of nitrogens with zero attached hydrogens (tertiary/aromatic N) is 3. The molecular formula is C11H18N4O. The van der Waals surface area contributed by atoms with Crippen molar-refractivity contribution in [2.45, 2.75) is 25.5 Å². The minimum atomic E-state index is 0.384. The highest BCUT2D eigenvalue weighted by Crippen LogP contribution is 2.21. The number of methoxy groups -OCH3 is 1. The summed E-state index contributed by atoms with van der Waals surface area (Å²) in [5.41, 5.74) is 6.75. The van der Waals surface area contributed by atoms with Crippen molar-refractivity contribution >= 4 is 5.82 Å². The van der Waals surface area contributed by atoms with Crippen molar-refractivity contribution in [3.63, 3.8) is 0 Å². The van der Waals surface area contributed by atoms with Gasteiger partial charge in [-0.1, -0.05) is 0 Å². The van der Waals surface area contributed by atoms with Crippen molar-refractivity contribution in [2.75, 3.05) is 25.1 Å². The van der Waals surface area contributed by atoms with E-state index in [9.17, 15) is 0 Å². The molecule has 0 radical (unpaired) electrons. The Balaban J connectivity index is 2.07. The first-order chi connectivity index (χ1) is 7.85. The fourth-order valence-electron chi connectivity index (χ4n) is 2.08. The van der Waals surface area contributed by atoms with Gasteiger partial charge in [-0.15, -0.1) is 5.10 Å². The predicted octanol–water partition coefficient (Wildman–Crippen LogP) is 0.550. The van der Waals surface area contributed by atoms with E-state index in [1.807, 2.05) is 6.07 Å². The molecule has 2 N–H and O–H groups in total. The molecule has 5 heteroatoms. The first-order valence-corrected chi connectivity index (χ1v) is 5.63. The summed E-state index contributed by atoms with van der Waals surface area (Å²) in [6.45, 7) is 2.43. The largest absolute Gasteiger partial charge is 0.381 e. The molecule has 5 nitrogen and oxygen atoms in total. The summed E-state index contributed by atoms with van der Waals surface area (Å²) in [5.74, 6) is 0.930. The second-order valence-electron chi connectivity index (χ2n) is 4.01. The highest BCUT2D eigenvalue weighted by Gasteiger charge is 2.21. The molecule has 0 aliphatic carbocycles. The minimum absolute atomic E-state index is 0.384. The number of ether oxygens (including phenoxy) is 1. The van der Waals surface area contributed by atoms with Gasteiger partial charge in [0, 0.05) is 32.3 Å². The summed E-state index contributed by atoms with van der Waals surface area (Å²) in [6, 6.07) is 1.94. The smallest absolute Gasteiger partial charge is 0.155 e. The minimum Gasteiger partial charge on any atom is -0.381 e. The summed E-state index contributed by atoms with van der Waals surface area (Å²) in [7, 11) is 1.77. The zero-order valence-corrected chi connectivity index (χ0v) is 9.59. The molecule has 0 saturated carbocycles. The molecule has 1 saturated heterocycles. The monoisotopic (exact) mass is 222 g/mol. The number of anilines is 1. The van der Waals surface area contributed by atoms with Gasteiger partial charge >= 0.3 is 0 Å². The molecule has 1 aliphatic rings. The van der Waals surface area contributed by atoms with Crippen LogP contribution in [0.5, 0.6) is 0 Å². The number of hydrogen-bond acceptors (Lipinski definition) is 5. The number of rotatable bonds is 3.